The molecular weight excluding hydrogens is 254 g/mol. The zero-order valence-corrected chi connectivity index (χ0v) is 10.1. The fraction of sp³-hybridized carbons (Fsp3) is 0.250. The smallest absolute Gasteiger partial charge is 0.213 e. The van der Waals surface area contributed by atoms with E-state index in [0.29, 0.717) is 12.5 Å². The van der Waals surface area contributed by atoms with Crippen molar-refractivity contribution in [2.45, 2.75) is 13.3 Å². The summed E-state index contributed by atoms with van der Waals surface area (Å²) in [6.45, 7) is 2.80. The Balaban J connectivity index is 2.36. The highest BCUT2D eigenvalue weighted by molar-refractivity contribution is 9.10. The monoisotopic (exact) mass is 265 g/mol. The number of aromatic nitrogens is 1. The van der Waals surface area contributed by atoms with Gasteiger partial charge in [0, 0.05) is 15.9 Å². The van der Waals surface area contributed by atoms with Crippen LogP contribution in [0.3, 0.4) is 0 Å². The molecule has 3 heteroatoms. The first-order valence-corrected chi connectivity index (χ1v) is 5.78. The molecule has 0 atom stereocenters. The maximum atomic E-state index is 5.48. The summed E-state index contributed by atoms with van der Waals surface area (Å²) in [7, 11) is 0. The van der Waals surface area contributed by atoms with E-state index in [0.717, 1.165) is 21.8 Å². The zero-order valence-electron chi connectivity index (χ0n) is 8.53. The Morgan fingerprint density at radius 2 is 2.07 bits per heavy atom. The molecular formula is C12H12BrNO. The second-order valence-corrected chi connectivity index (χ2v) is 4.25. The Morgan fingerprint density at radius 1 is 1.27 bits per heavy atom. The van der Waals surface area contributed by atoms with Gasteiger partial charge in [-0.1, -0.05) is 28.9 Å². The number of fused-ring (bicyclic) bond motifs is 1. The second-order valence-electron chi connectivity index (χ2n) is 3.33. The lowest BCUT2D eigenvalue weighted by Crippen LogP contribution is -1.96. The summed E-state index contributed by atoms with van der Waals surface area (Å²) in [4.78, 5) is 4.42. The van der Waals surface area contributed by atoms with Crippen molar-refractivity contribution >= 4 is 26.8 Å². The van der Waals surface area contributed by atoms with Crippen molar-refractivity contribution < 1.29 is 4.74 Å². The van der Waals surface area contributed by atoms with Crippen molar-refractivity contribution in [2.75, 3.05) is 6.61 Å². The van der Waals surface area contributed by atoms with E-state index in [-0.39, 0.29) is 0 Å². The van der Waals surface area contributed by atoms with Crippen molar-refractivity contribution in [2.24, 2.45) is 0 Å². The molecule has 1 aromatic carbocycles. The van der Waals surface area contributed by atoms with E-state index in [9.17, 15) is 0 Å². The molecule has 0 saturated carbocycles. The van der Waals surface area contributed by atoms with Crippen LogP contribution in [0.2, 0.25) is 0 Å². The van der Waals surface area contributed by atoms with Gasteiger partial charge in [-0.05, 0) is 24.6 Å². The quantitative estimate of drug-likeness (QED) is 0.843. The van der Waals surface area contributed by atoms with Crippen LogP contribution in [0, 0.1) is 0 Å². The molecule has 0 fully saturated rings. The second kappa shape index (κ2) is 4.62. The summed E-state index contributed by atoms with van der Waals surface area (Å²) in [5, 5.41) is 1.13. The van der Waals surface area contributed by atoms with E-state index in [4.69, 9.17) is 4.74 Å². The molecule has 2 nitrogen and oxygen atoms in total. The highest BCUT2D eigenvalue weighted by Gasteiger charge is 1.99. The molecule has 0 aliphatic heterocycles. The van der Waals surface area contributed by atoms with Crippen LogP contribution in [-0.2, 0) is 0 Å². The van der Waals surface area contributed by atoms with Gasteiger partial charge in [-0.15, -0.1) is 0 Å². The molecule has 0 N–H and O–H groups in total. The maximum Gasteiger partial charge on any atom is 0.213 e. The minimum atomic E-state index is 0.697. The minimum Gasteiger partial charge on any atom is -0.478 e. The lowest BCUT2D eigenvalue weighted by atomic mass is 10.2. The number of hydrogen-bond donors (Lipinski definition) is 0. The summed E-state index contributed by atoms with van der Waals surface area (Å²) in [6, 6.07) is 9.98. The molecule has 78 valence electrons. The molecule has 0 aliphatic rings. The Morgan fingerprint density at radius 3 is 2.87 bits per heavy atom. The van der Waals surface area contributed by atoms with Gasteiger partial charge >= 0.3 is 0 Å². The number of nitrogens with zero attached hydrogens (tertiary/aromatic N) is 1. The number of benzene rings is 1. The van der Waals surface area contributed by atoms with E-state index in [1.54, 1.807) is 0 Å². The van der Waals surface area contributed by atoms with Crippen molar-refractivity contribution in [3.05, 3.63) is 34.8 Å². The van der Waals surface area contributed by atoms with Gasteiger partial charge in [-0.2, -0.15) is 0 Å². The predicted octanol–water partition coefficient (Wildman–Crippen LogP) is 3.79. The molecule has 0 amide bonds. The van der Waals surface area contributed by atoms with E-state index in [1.807, 2.05) is 30.3 Å². The average molecular weight is 266 g/mol. The molecule has 0 radical (unpaired) electrons. The van der Waals surface area contributed by atoms with Gasteiger partial charge in [0.25, 0.3) is 0 Å². The number of ether oxygens (including phenoxy) is 1. The molecule has 0 spiro atoms. The largest absolute Gasteiger partial charge is 0.478 e. The molecule has 0 saturated heterocycles. The topological polar surface area (TPSA) is 22.1 Å². The highest BCUT2D eigenvalue weighted by atomic mass is 79.9. The van der Waals surface area contributed by atoms with E-state index in [2.05, 4.69) is 27.8 Å². The number of pyridine rings is 1. The molecule has 0 aliphatic carbocycles. The first-order chi connectivity index (χ1) is 7.29. The first kappa shape index (κ1) is 10.4. The molecule has 0 bridgehead atoms. The SMILES string of the molecule is CCCOc1ccc2ccc(Br)cc2n1. The average Bonchev–Trinajstić information content (AvgIpc) is 2.25. The Labute approximate surface area is 97.4 Å². The first-order valence-electron chi connectivity index (χ1n) is 4.98. The Kier molecular flexibility index (Phi) is 3.21. The van der Waals surface area contributed by atoms with Crippen LogP contribution in [0.25, 0.3) is 10.9 Å². The zero-order chi connectivity index (χ0) is 10.7. The molecule has 1 aromatic heterocycles. The van der Waals surface area contributed by atoms with E-state index >= 15 is 0 Å². The van der Waals surface area contributed by atoms with Gasteiger partial charge in [0.1, 0.15) is 0 Å². The van der Waals surface area contributed by atoms with Crippen molar-refractivity contribution in [3.63, 3.8) is 0 Å². The maximum absolute atomic E-state index is 5.48. The molecule has 2 aromatic rings. The number of halogens is 1. The van der Waals surface area contributed by atoms with Crippen LogP contribution in [0.5, 0.6) is 5.88 Å². The minimum absolute atomic E-state index is 0.697. The van der Waals surface area contributed by atoms with Gasteiger partial charge in [0.05, 0.1) is 12.1 Å². The molecule has 2 rings (SSSR count). The third-order valence-electron chi connectivity index (χ3n) is 2.08. The normalized spacial score (nSPS) is 10.5. The molecule has 1 heterocycles. The Hall–Kier alpha value is -1.09. The summed E-state index contributed by atoms with van der Waals surface area (Å²) in [5.74, 6) is 0.697. The van der Waals surface area contributed by atoms with Crippen LogP contribution in [0.1, 0.15) is 13.3 Å². The van der Waals surface area contributed by atoms with Crippen molar-refractivity contribution in [1.82, 2.24) is 4.98 Å². The van der Waals surface area contributed by atoms with E-state index < -0.39 is 0 Å². The number of hydrogen-bond acceptors (Lipinski definition) is 2. The van der Waals surface area contributed by atoms with Crippen molar-refractivity contribution in [1.29, 1.82) is 0 Å². The molecule has 0 unspecified atom stereocenters. The van der Waals surface area contributed by atoms with Crippen LogP contribution in [0.4, 0.5) is 0 Å². The van der Waals surface area contributed by atoms with Gasteiger partial charge in [0.15, 0.2) is 0 Å². The van der Waals surface area contributed by atoms with Crippen LogP contribution >= 0.6 is 15.9 Å². The highest BCUT2D eigenvalue weighted by Crippen LogP contribution is 2.20. The standard InChI is InChI=1S/C12H12BrNO/c1-2-7-15-12-6-4-9-3-5-10(13)8-11(9)14-12/h3-6,8H,2,7H2,1H3. The fourth-order valence-electron chi connectivity index (χ4n) is 1.36. The summed E-state index contributed by atoms with van der Waals surface area (Å²) >= 11 is 3.43. The molecule has 15 heavy (non-hydrogen) atoms. The Bertz CT molecular complexity index is 470. The van der Waals surface area contributed by atoms with Crippen LogP contribution in [-0.4, -0.2) is 11.6 Å². The lowest BCUT2D eigenvalue weighted by molar-refractivity contribution is 0.306. The summed E-state index contributed by atoms with van der Waals surface area (Å²) in [6.07, 6.45) is 0.998. The predicted molar refractivity (Wildman–Crippen MR) is 65.2 cm³/mol. The van der Waals surface area contributed by atoms with Gasteiger partial charge < -0.3 is 4.74 Å². The van der Waals surface area contributed by atoms with Gasteiger partial charge in [-0.3, -0.25) is 0 Å². The number of rotatable bonds is 3. The summed E-state index contributed by atoms with van der Waals surface area (Å²) < 4.78 is 6.51. The fourth-order valence-corrected chi connectivity index (χ4v) is 1.71. The van der Waals surface area contributed by atoms with Crippen LogP contribution in [0.15, 0.2) is 34.8 Å². The van der Waals surface area contributed by atoms with Crippen molar-refractivity contribution in [3.8, 4) is 5.88 Å². The van der Waals surface area contributed by atoms with Gasteiger partial charge in [0.2, 0.25) is 5.88 Å². The summed E-state index contributed by atoms with van der Waals surface area (Å²) in [5.41, 5.74) is 0.956. The third kappa shape index (κ3) is 2.48. The lowest BCUT2D eigenvalue weighted by Gasteiger charge is -2.04. The van der Waals surface area contributed by atoms with E-state index in [1.165, 1.54) is 0 Å². The van der Waals surface area contributed by atoms with Crippen LogP contribution < -0.4 is 4.74 Å². The third-order valence-corrected chi connectivity index (χ3v) is 2.58. The van der Waals surface area contributed by atoms with Gasteiger partial charge in [-0.25, -0.2) is 4.98 Å².